The van der Waals surface area contributed by atoms with Gasteiger partial charge in [-0.3, -0.25) is 13.9 Å². The molecule has 17 heavy (non-hydrogen) atoms. The minimum atomic E-state index is -0.452. The molecular formula is C12H11ClN2O2. The molecule has 0 saturated heterocycles. The van der Waals surface area contributed by atoms with Crippen LogP contribution >= 0.6 is 11.6 Å². The van der Waals surface area contributed by atoms with E-state index in [2.05, 4.69) is 0 Å². The average molecular weight is 251 g/mol. The quantitative estimate of drug-likeness (QED) is 0.720. The maximum atomic E-state index is 11.9. The summed E-state index contributed by atoms with van der Waals surface area (Å²) in [5.41, 5.74) is 0.860. The van der Waals surface area contributed by atoms with E-state index >= 15 is 0 Å². The van der Waals surface area contributed by atoms with Crippen LogP contribution in [0.25, 0.3) is 5.69 Å². The zero-order valence-electron chi connectivity index (χ0n) is 9.48. The standard InChI is InChI=1S/C12H11ClN2O2/c1-8-3-5-9(6-4-8)15-10(13)7-11(16)14(2)12(15)17/h3-7H,1-2H3. The summed E-state index contributed by atoms with van der Waals surface area (Å²) in [5.74, 6) is 0. The Balaban J connectivity index is 2.76. The van der Waals surface area contributed by atoms with Crippen molar-refractivity contribution in [3.8, 4) is 5.69 Å². The van der Waals surface area contributed by atoms with Crippen LogP contribution in [-0.2, 0) is 7.05 Å². The molecule has 0 amide bonds. The van der Waals surface area contributed by atoms with Gasteiger partial charge in [0.25, 0.3) is 5.56 Å². The molecule has 0 atom stereocenters. The van der Waals surface area contributed by atoms with Crippen molar-refractivity contribution in [2.45, 2.75) is 6.92 Å². The molecule has 0 N–H and O–H groups in total. The summed E-state index contributed by atoms with van der Waals surface area (Å²) in [6, 6.07) is 8.55. The molecule has 2 aromatic rings. The first-order valence-corrected chi connectivity index (χ1v) is 5.44. The fourth-order valence-electron chi connectivity index (χ4n) is 1.53. The van der Waals surface area contributed by atoms with Crippen molar-refractivity contribution in [1.29, 1.82) is 0 Å². The highest BCUT2D eigenvalue weighted by molar-refractivity contribution is 6.29. The number of aromatic nitrogens is 2. The highest BCUT2D eigenvalue weighted by Crippen LogP contribution is 2.12. The molecule has 2 rings (SSSR count). The van der Waals surface area contributed by atoms with E-state index in [0.29, 0.717) is 5.69 Å². The van der Waals surface area contributed by atoms with E-state index < -0.39 is 11.2 Å². The van der Waals surface area contributed by atoms with Gasteiger partial charge in [-0.05, 0) is 19.1 Å². The second-order valence-electron chi connectivity index (χ2n) is 3.82. The van der Waals surface area contributed by atoms with Crippen molar-refractivity contribution >= 4 is 11.6 Å². The van der Waals surface area contributed by atoms with Crippen LogP contribution in [0.2, 0.25) is 5.15 Å². The number of halogens is 1. The lowest BCUT2D eigenvalue weighted by molar-refractivity contribution is 0.729. The van der Waals surface area contributed by atoms with Gasteiger partial charge in [-0.2, -0.15) is 0 Å². The Labute approximate surface area is 103 Å². The largest absolute Gasteiger partial charge is 0.336 e. The molecule has 0 spiro atoms. The van der Waals surface area contributed by atoms with Crippen molar-refractivity contribution in [1.82, 2.24) is 9.13 Å². The van der Waals surface area contributed by atoms with E-state index in [0.717, 1.165) is 10.1 Å². The van der Waals surface area contributed by atoms with Gasteiger partial charge < -0.3 is 0 Å². The third-order valence-electron chi connectivity index (χ3n) is 2.56. The summed E-state index contributed by atoms with van der Waals surface area (Å²) >= 11 is 5.93. The smallest absolute Gasteiger partial charge is 0.269 e. The Hall–Kier alpha value is -1.81. The Bertz CT molecular complexity index is 668. The fourth-order valence-corrected chi connectivity index (χ4v) is 1.79. The molecule has 4 nitrogen and oxygen atoms in total. The monoisotopic (exact) mass is 250 g/mol. The molecule has 5 heteroatoms. The average Bonchev–Trinajstić information content (AvgIpc) is 2.29. The van der Waals surface area contributed by atoms with E-state index in [1.54, 1.807) is 12.1 Å². The highest BCUT2D eigenvalue weighted by Gasteiger charge is 2.08. The lowest BCUT2D eigenvalue weighted by Gasteiger charge is -2.09. The third-order valence-corrected chi connectivity index (χ3v) is 2.84. The molecule has 0 aliphatic carbocycles. The molecule has 1 aromatic carbocycles. The van der Waals surface area contributed by atoms with Crippen molar-refractivity contribution in [3.63, 3.8) is 0 Å². The predicted octanol–water partition coefficient (Wildman–Crippen LogP) is 1.50. The van der Waals surface area contributed by atoms with E-state index in [-0.39, 0.29) is 5.15 Å². The number of nitrogens with zero attached hydrogens (tertiary/aromatic N) is 2. The van der Waals surface area contributed by atoms with Gasteiger partial charge in [-0.25, -0.2) is 4.79 Å². The molecule has 0 radical (unpaired) electrons. The fraction of sp³-hybridized carbons (Fsp3) is 0.167. The maximum Gasteiger partial charge on any atom is 0.336 e. The Morgan fingerprint density at radius 3 is 2.29 bits per heavy atom. The summed E-state index contributed by atoms with van der Waals surface area (Å²) in [4.78, 5) is 23.3. The van der Waals surface area contributed by atoms with Gasteiger partial charge in [0, 0.05) is 13.1 Å². The number of aryl methyl sites for hydroxylation is 1. The van der Waals surface area contributed by atoms with E-state index in [1.165, 1.54) is 17.7 Å². The second kappa shape index (κ2) is 4.22. The molecule has 1 heterocycles. The molecule has 0 saturated carbocycles. The first kappa shape index (κ1) is 11.7. The van der Waals surface area contributed by atoms with Crippen LogP contribution in [0.4, 0.5) is 0 Å². The zero-order valence-corrected chi connectivity index (χ0v) is 10.2. The van der Waals surface area contributed by atoms with Crippen LogP contribution in [0, 0.1) is 6.92 Å². The summed E-state index contributed by atoms with van der Waals surface area (Å²) in [6.45, 7) is 1.95. The number of benzene rings is 1. The number of hydrogen-bond donors (Lipinski definition) is 0. The molecule has 1 aromatic heterocycles. The first-order chi connectivity index (χ1) is 8.00. The van der Waals surface area contributed by atoms with E-state index in [4.69, 9.17) is 11.6 Å². The summed E-state index contributed by atoms with van der Waals surface area (Å²) < 4.78 is 2.31. The van der Waals surface area contributed by atoms with Crippen LogP contribution in [-0.4, -0.2) is 9.13 Å². The van der Waals surface area contributed by atoms with Crippen LogP contribution in [0.5, 0.6) is 0 Å². The Kier molecular flexibility index (Phi) is 2.90. The molecule has 0 aliphatic heterocycles. The van der Waals surface area contributed by atoms with Crippen molar-refractivity contribution in [3.05, 3.63) is 61.9 Å². The van der Waals surface area contributed by atoms with Gasteiger partial charge in [0.15, 0.2) is 0 Å². The minimum absolute atomic E-state index is 0.113. The zero-order chi connectivity index (χ0) is 12.6. The van der Waals surface area contributed by atoms with Crippen LogP contribution < -0.4 is 11.2 Å². The molecule has 0 fully saturated rings. The van der Waals surface area contributed by atoms with Gasteiger partial charge in [0.2, 0.25) is 0 Å². The summed E-state index contributed by atoms with van der Waals surface area (Å²) in [6.07, 6.45) is 0. The van der Waals surface area contributed by atoms with Crippen molar-refractivity contribution in [2.24, 2.45) is 7.05 Å². The lowest BCUT2D eigenvalue weighted by Crippen LogP contribution is -2.36. The molecule has 88 valence electrons. The SMILES string of the molecule is Cc1ccc(-n2c(Cl)cc(=O)n(C)c2=O)cc1. The highest BCUT2D eigenvalue weighted by atomic mass is 35.5. The summed E-state index contributed by atoms with van der Waals surface area (Å²) in [7, 11) is 1.42. The van der Waals surface area contributed by atoms with Gasteiger partial charge in [-0.1, -0.05) is 29.3 Å². The van der Waals surface area contributed by atoms with Gasteiger partial charge in [0.05, 0.1) is 5.69 Å². The van der Waals surface area contributed by atoms with Crippen LogP contribution in [0.1, 0.15) is 5.56 Å². The van der Waals surface area contributed by atoms with Gasteiger partial charge >= 0.3 is 5.69 Å². The first-order valence-electron chi connectivity index (χ1n) is 5.06. The number of hydrogen-bond acceptors (Lipinski definition) is 2. The molecule has 0 aliphatic rings. The Morgan fingerprint density at radius 2 is 1.71 bits per heavy atom. The Morgan fingerprint density at radius 1 is 1.12 bits per heavy atom. The molecular weight excluding hydrogens is 240 g/mol. The van der Waals surface area contributed by atoms with Crippen LogP contribution in [0.15, 0.2) is 39.9 Å². The van der Waals surface area contributed by atoms with E-state index in [1.807, 2.05) is 19.1 Å². The number of rotatable bonds is 1. The van der Waals surface area contributed by atoms with E-state index in [9.17, 15) is 9.59 Å². The third kappa shape index (κ3) is 2.03. The summed E-state index contributed by atoms with van der Waals surface area (Å²) in [5, 5.41) is 0.113. The normalized spacial score (nSPS) is 10.5. The minimum Gasteiger partial charge on any atom is -0.269 e. The lowest BCUT2D eigenvalue weighted by atomic mass is 10.2. The second-order valence-corrected chi connectivity index (χ2v) is 4.21. The van der Waals surface area contributed by atoms with Crippen LogP contribution in [0.3, 0.4) is 0 Å². The predicted molar refractivity (Wildman–Crippen MR) is 67.0 cm³/mol. The molecule has 0 unspecified atom stereocenters. The molecule has 0 bridgehead atoms. The topological polar surface area (TPSA) is 44.0 Å². The maximum absolute atomic E-state index is 11.9. The van der Waals surface area contributed by atoms with Gasteiger partial charge in [0.1, 0.15) is 5.15 Å². The van der Waals surface area contributed by atoms with Gasteiger partial charge in [-0.15, -0.1) is 0 Å². The van der Waals surface area contributed by atoms with Crippen molar-refractivity contribution in [2.75, 3.05) is 0 Å². The van der Waals surface area contributed by atoms with Crippen molar-refractivity contribution < 1.29 is 0 Å².